The van der Waals surface area contributed by atoms with Gasteiger partial charge in [0.15, 0.2) is 0 Å². The Balaban J connectivity index is 2.83. The second kappa shape index (κ2) is 5.49. The Kier molecular flexibility index (Phi) is 4.55. The van der Waals surface area contributed by atoms with Crippen LogP contribution in [0, 0.1) is 5.92 Å². The van der Waals surface area contributed by atoms with Crippen LogP contribution in [0.15, 0.2) is 0 Å². The van der Waals surface area contributed by atoms with Gasteiger partial charge in [-0.3, -0.25) is 4.90 Å². The number of amides is 1. The van der Waals surface area contributed by atoms with Crippen molar-refractivity contribution in [3.63, 3.8) is 0 Å². The number of halogens is 3. The minimum atomic E-state index is -4.45. The van der Waals surface area contributed by atoms with Crippen molar-refractivity contribution in [2.45, 2.75) is 51.4 Å². The molecule has 1 fully saturated rings. The number of hydrogen-bond donors (Lipinski definition) is 1. The highest BCUT2D eigenvalue weighted by Gasteiger charge is 2.48. The van der Waals surface area contributed by atoms with E-state index in [1.54, 1.807) is 20.8 Å². The number of ether oxygens (including phenoxy) is 1. The third-order valence-electron chi connectivity index (χ3n) is 2.98. The molecule has 1 rings (SSSR count). The summed E-state index contributed by atoms with van der Waals surface area (Å²) in [5.41, 5.74) is -0.832. The van der Waals surface area contributed by atoms with E-state index in [4.69, 9.17) is 9.84 Å². The summed E-state index contributed by atoms with van der Waals surface area (Å²) in [6.07, 6.45) is -6.30. The summed E-state index contributed by atoms with van der Waals surface area (Å²) < 4.78 is 43.0. The summed E-state index contributed by atoms with van der Waals surface area (Å²) in [5.74, 6) is -3.16. The summed E-state index contributed by atoms with van der Waals surface area (Å²) in [7, 11) is 0. The molecule has 0 bridgehead atoms. The molecule has 0 aromatic rings. The maximum absolute atomic E-state index is 12.6. The van der Waals surface area contributed by atoms with Crippen molar-refractivity contribution < 1.29 is 32.6 Å². The number of carbonyl (C=O) groups is 2. The monoisotopic (exact) mass is 297 g/mol. The van der Waals surface area contributed by atoms with Gasteiger partial charge in [0.1, 0.15) is 11.6 Å². The largest absolute Gasteiger partial charge is 0.480 e. The topological polar surface area (TPSA) is 66.8 Å². The van der Waals surface area contributed by atoms with Gasteiger partial charge in [-0.2, -0.15) is 13.2 Å². The molecule has 1 aliphatic heterocycles. The summed E-state index contributed by atoms with van der Waals surface area (Å²) in [4.78, 5) is 23.8. The Morgan fingerprint density at radius 1 is 1.25 bits per heavy atom. The van der Waals surface area contributed by atoms with Crippen LogP contribution in [-0.2, 0) is 9.53 Å². The predicted molar refractivity (Wildman–Crippen MR) is 63.1 cm³/mol. The maximum Gasteiger partial charge on any atom is 0.411 e. The number of likely N-dealkylation sites (tertiary alicyclic amines) is 1. The lowest BCUT2D eigenvalue weighted by Gasteiger charge is -2.38. The Morgan fingerprint density at radius 3 is 2.20 bits per heavy atom. The molecule has 0 aromatic carbocycles. The second-order valence-electron chi connectivity index (χ2n) is 5.79. The van der Waals surface area contributed by atoms with Crippen LogP contribution in [0.2, 0.25) is 0 Å². The zero-order valence-electron chi connectivity index (χ0n) is 11.5. The normalized spacial score (nSPS) is 24.4. The lowest BCUT2D eigenvalue weighted by molar-refractivity contribution is -0.191. The van der Waals surface area contributed by atoms with Crippen LogP contribution in [0.4, 0.5) is 18.0 Å². The highest BCUT2D eigenvalue weighted by atomic mass is 19.4. The van der Waals surface area contributed by atoms with Gasteiger partial charge in [0.05, 0.1) is 5.92 Å². The molecule has 2 atom stereocenters. The maximum atomic E-state index is 12.6. The van der Waals surface area contributed by atoms with E-state index >= 15 is 0 Å². The molecule has 116 valence electrons. The number of carboxylic acids is 1. The molecule has 1 aliphatic rings. The van der Waals surface area contributed by atoms with Gasteiger partial charge >= 0.3 is 18.2 Å². The Morgan fingerprint density at radius 2 is 1.80 bits per heavy atom. The highest BCUT2D eigenvalue weighted by Crippen LogP contribution is 2.37. The Bertz CT molecular complexity index is 389. The number of carbonyl (C=O) groups excluding carboxylic acids is 1. The van der Waals surface area contributed by atoms with Crippen LogP contribution in [0.5, 0.6) is 0 Å². The van der Waals surface area contributed by atoms with E-state index in [0.717, 1.165) is 4.90 Å². The quantitative estimate of drug-likeness (QED) is 0.808. The molecule has 0 saturated carbocycles. The summed E-state index contributed by atoms with van der Waals surface area (Å²) in [5, 5.41) is 9.02. The minimum absolute atomic E-state index is 0.282. The molecular formula is C12H18F3NO4. The Labute approximate surface area is 114 Å². The molecule has 1 N–H and O–H groups in total. The molecule has 0 aromatic heterocycles. The number of carboxylic acid groups (broad SMARTS) is 1. The number of hydrogen-bond acceptors (Lipinski definition) is 3. The number of piperidine rings is 1. The van der Waals surface area contributed by atoms with E-state index in [1.807, 2.05) is 0 Å². The summed E-state index contributed by atoms with van der Waals surface area (Å²) in [6.45, 7) is 4.52. The standard InChI is InChI=1S/C12H18F3NO4/c1-11(2,3)20-10(19)16-5-4-7(12(13,14)15)6-8(16)9(17)18/h7-8H,4-6H2,1-3H3,(H,17,18)/t7-,8-/m0/s1. The van der Waals surface area contributed by atoms with Crippen LogP contribution < -0.4 is 0 Å². The van der Waals surface area contributed by atoms with Gasteiger partial charge in [0, 0.05) is 6.54 Å². The van der Waals surface area contributed by atoms with Crippen molar-refractivity contribution in [1.29, 1.82) is 0 Å². The van der Waals surface area contributed by atoms with Gasteiger partial charge < -0.3 is 9.84 Å². The van der Waals surface area contributed by atoms with Crippen LogP contribution in [-0.4, -0.2) is 46.4 Å². The second-order valence-corrected chi connectivity index (χ2v) is 5.79. The van der Waals surface area contributed by atoms with Gasteiger partial charge in [0.25, 0.3) is 0 Å². The molecule has 0 spiro atoms. The SMILES string of the molecule is CC(C)(C)OC(=O)N1CC[C@H](C(F)(F)F)C[C@H]1C(=O)O. The molecule has 5 nitrogen and oxygen atoms in total. The number of alkyl halides is 3. The van der Waals surface area contributed by atoms with E-state index < -0.39 is 42.2 Å². The number of rotatable bonds is 1. The molecule has 0 radical (unpaired) electrons. The first-order valence-electron chi connectivity index (χ1n) is 6.21. The zero-order chi connectivity index (χ0) is 15.7. The number of nitrogens with zero attached hydrogens (tertiary/aromatic N) is 1. The van der Waals surface area contributed by atoms with Gasteiger partial charge in [-0.05, 0) is 33.6 Å². The lowest BCUT2D eigenvalue weighted by Crippen LogP contribution is -2.53. The fourth-order valence-electron chi connectivity index (χ4n) is 2.04. The average molecular weight is 297 g/mol. The number of aliphatic carboxylic acids is 1. The molecule has 1 saturated heterocycles. The molecule has 1 heterocycles. The van der Waals surface area contributed by atoms with Crippen molar-refractivity contribution >= 4 is 12.1 Å². The third-order valence-corrected chi connectivity index (χ3v) is 2.98. The fraction of sp³-hybridized carbons (Fsp3) is 0.833. The first-order valence-corrected chi connectivity index (χ1v) is 6.21. The zero-order valence-corrected chi connectivity index (χ0v) is 11.5. The molecule has 0 unspecified atom stereocenters. The van der Waals surface area contributed by atoms with E-state index in [-0.39, 0.29) is 13.0 Å². The van der Waals surface area contributed by atoms with Crippen molar-refractivity contribution in [2.24, 2.45) is 5.92 Å². The van der Waals surface area contributed by atoms with Crippen LogP contribution in [0.25, 0.3) is 0 Å². The first kappa shape index (κ1) is 16.6. The molecule has 1 amide bonds. The predicted octanol–water partition coefficient (Wildman–Crippen LogP) is 2.65. The van der Waals surface area contributed by atoms with E-state index in [1.165, 1.54) is 0 Å². The molecular weight excluding hydrogens is 279 g/mol. The first-order chi connectivity index (χ1) is 8.92. The van der Waals surface area contributed by atoms with Crippen molar-refractivity contribution in [3.8, 4) is 0 Å². The molecule has 0 aliphatic carbocycles. The highest BCUT2D eigenvalue weighted by molar-refractivity contribution is 5.80. The van der Waals surface area contributed by atoms with Crippen molar-refractivity contribution in [1.82, 2.24) is 4.90 Å². The van der Waals surface area contributed by atoms with E-state index in [0.29, 0.717) is 0 Å². The lowest BCUT2D eigenvalue weighted by atomic mass is 9.90. The van der Waals surface area contributed by atoms with Crippen LogP contribution >= 0.6 is 0 Å². The molecule has 8 heteroatoms. The van der Waals surface area contributed by atoms with Gasteiger partial charge in [-0.15, -0.1) is 0 Å². The third kappa shape index (κ3) is 4.28. The fourth-order valence-corrected chi connectivity index (χ4v) is 2.04. The van der Waals surface area contributed by atoms with Crippen molar-refractivity contribution in [2.75, 3.05) is 6.54 Å². The van der Waals surface area contributed by atoms with E-state index in [9.17, 15) is 22.8 Å². The van der Waals surface area contributed by atoms with E-state index in [2.05, 4.69) is 0 Å². The van der Waals surface area contributed by atoms with Crippen LogP contribution in [0.1, 0.15) is 33.6 Å². The molecule has 20 heavy (non-hydrogen) atoms. The average Bonchev–Trinajstić information content (AvgIpc) is 2.24. The summed E-state index contributed by atoms with van der Waals surface area (Å²) >= 11 is 0. The minimum Gasteiger partial charge on any atom is -0.480 e. The van der Waals surface area contributed by atoms with Crippen molar-refractivity contribution in [3.05, 3.63) is 0 Å². The summed E-state index contributed by atoms with van der Waals surface area (Å²) in [6, 6.07) is -1.51. The Hall–Kier alpha value is -1.47. The van der Waals surface area contributed by atoms with Crippen LogP contribution in [0.3, 0.4) is 0 Å². The van der Waals surface area contributed by atoms with Gasteiger partial charge in [0.2, 0.25) is 0 Å². The van der Waals surface area contributed by atoms with Gasteiger partial charge in [-0.1, -0.05) is 0 Å². The smallest absolute Gasteiger partial charge is 0.411 e. The van der Waals surface area contributed by atoms with Gasteiger partial charge in [-0.25, -0.2) is 9.59 Å².